The van der Waals surface area contributed by atoms with Gasteiger partial charge in [-0.1, -0.05) is 0 Å². The maximum Gasteiger partial charge on any atom is 0.323 e. The smallest absolute Gasteiger partial charge is 0.323 e. The summed E-state index contributed by atoms with van der Waals surface area (Å²) >= 11 is 0. The molecule has 0 heterocycles. The highest BCUT2D eigenvalue weighted by Crippen LogP contribution is 1.94. The quantitative estimate of drug-likeness (QED) is 0.420. The van der Waals surface area contributed by atoms with E-state index in [1.807, 2.05) is 0 Å². The van der Waals surface area contributed by atoms with Crippen LogP contribution in [0.4, 0.5) is 0 Å². The maximum atomic E-state index is 10.4. The molecule has 1 unspecified atom stereocenters. The second-order valence-corrected chi connectivity index (χ2v) is 3.44. The van der Waals surface area contributed by atoms with Gasteiger partial charge in [0.15, 0.2) is 0 Å². The first-order valence-corrected chi connectivity index (χ1v) is 3.73. The third kappa shape index (κ3) is 5.06. The Kier molecular flexibility index (Phi) is 4.16. The highest BCUT2D eigenvalue weighted by molar-refractivity contribution is 5.73. The van der Waals surface area contributed by atoms with Crippen LogP contribution in [0.1, 0.15) is 13.8 Å². The Bertz CT molecular complexity index is 153. The van der Waals surface area contributed by atoms with Crippen LogP contribution in [0, 0.1) is 0 Å². The van der Waals surface area contributed by atoms with Gasteiger partial charge in [-0.3, -0.25) is 4.79 Å². The average molecular weight is 176 g/mol. The van der Waals surface area contributed by atoms with Gasteiger partial charge in [0.2, 0.25) is 0 Å². The molecule has 0 amide bonds. The summed E-state index contributed by atoms with van der Waals surface area (Å²) in [5.74, 6) is -1.07. The second kappa shape index (κ2) is 4.39. The molecule has 0 aromatic carbocycles. The van der Waals surface area contributed by atoms with Gasteiger partial charge in [0, 0.05) is 12.1 Å². The van der Waals surface area contributed by atoms with Crippen molar-refractivity contribution >= 4 is 5.97 Å². The summed E-state index contributed by atoms with van der Waals surface area (Å²) in [6, 6.07) is -0.923. The van der Waals surface area contributed by atoms with Crippen molar-refractivity contribution in [2.24, 2.45) is 5.73 Å². The molecule has 0 saturated carbocycles. The van der Waals surface area contributed by atoms with Crippen LogP contribution >= 0.6 is 0 Å². The van der Waals surface area contributed by atoms with Crippen molar-refractivity contribution < 1.29 is 15.0 Å². The number of carboxylic acids is 1. The van der Waals surface area contributed by atoms with Gasteiger partial charge < -0.3 is 21.3 Å². The zero-order valence-corrected chi connectivity index (χ0v) is 7.37. The first-order chi connectivity index (χ1) is 5.37. The number of rotatable bonds is 5. The number of aliphatic carboxylic acids is 1. The van der Waals surface area contributed by atoms with E-state index in [0.29, 0.717) is 6.54 Å². The first kappa shape index (κ1) is 11.4. The van der Waals surface area contributed by atoms with Gasteiger partial charge >= 0.3 is 5.97 Å². The molecule has 0 aromatic heterocycles. The number of nitrogens with two attached hydrogens (primary N) is 1. The molecular weight excluding hydrogens is 160 g/mol. The van der Waals surface area contributed by atoms with Crippen molar-refractivity contribution in [3.05, 3.63) is 0 Å². The predicted octanol–water partition coefficient (Wildman–Crippen LogP) is -1.24. The van der Waals surface area contributed by atoms with E-state index in [-0.39, 0.29) is 0 Å². The molecule has 1 atom stereocenters. The minimum atomic E-state index is -1.07. The van der Waals surface area contributed by atoms with Crippen LogP contribution in [0.2, 0.25) is 0 Å². The molecule has 0 radical (unpaired) electrons. The fourth-order valence-electron chi connectivity index (χ4n) is 0.616. The third-order valence-corrected chi connectivity index (χ3v) is 1.28. The van der Waals surface area contributed by atoms with E-state index in [2.05, 4.69) is 5.32 Å². The lowest BCUT2D eigenvalue weighted by Gasteiger charge is -2.21. The molecule has 72 valence electrons. The van der Waals surface area contributed by atoms with E-state index in [1.54, 1.807) is 13.8 Å². The van der Waals surface area contributed by atoms with Crippen molar-refractivity contribution in [3.8, 4) is 0 Å². The Morgan fingerprint density at radius 3 is 2.42 bits per heavy atom. The van der Waals surface area contributed by atoms with E-state index in [0.717, 1.165) is 0 Å². The minimum absolute atomic E-state index is 0.352. The van der Waals surface area contributed by atoms with Gasteiger partial charge in [-0.25, -0.2) is 0 Å². The van der Waals surface area contributed by atoms with Crippen molar-refractivity contribution in [1.29, 1.82) is 0 Å². The highest BCUT2D eigenvalue weighted by Gasteiger charge is 2.18. The molecule has 0 aliphatic heterocycles. The molecule has 0 rings (SSSR count). The van der Waals surface area contributed by atoms with Crippen LogP contribution in [0.3, 0.4) is 0 Å². The summed E-state index contributed by atoms with van der Waals surface area (Å²) in [5, 5.41) is 19.8. The van der Waals surface area contributed by atoms with Crippen molar-refractivity contribution in [1.82, 2.24) is 5.32 Å². The van der Waals surface area contributed by atoms with Gasteiger partial charge in [0.25, 0.3) is 0 Å². The number of hydrogen-bond donors (Lipinski definition) is 4. The van der Waals surface area contributed by atoms with Crippen LogP contribution in [-0.2, 0) is 4.79 Å². The Morgan fingerprint density at radius 1 is 1.67 bits per heavy atom. The largest absolute Gasteiger partial charge is 0.480 e. The molecule has 0 aliphatic rings. The lowest BCUT2D eigenvalue weighted by atomic mass is 10.1. The monoisotopic (exact) mass is 176 g/mol. The minimum Gasteiger partial charge on any atom is -0.480 e. The maximum absolute atomic E-state index is 10.4. The number of aliphatic hydroxyl groups is 1. The molecule has 0 spiro atoms. The van der Waals surface area contributed by atoms with Crippen LogP contribution in [0.25, 0.3) is 0 Å². The number of aliphatic hydroxyl groups excluding tert-OH is 1. The van der Waals surface area contributed by atoms with Gasteiger partial charge in [-0.15, -0.1) is 0 Å². The van der Waals surface area contributed by atoms with Gasteiger partial charge in [0.1, 0.15) is 6.04 Å². The molecule has 5 nitrogen and oxygen atoms in total. The summed E-state index contributed by atoms with van der Waals surface area (Å²) in [6.45, 7) is 3.47. The Balaban J connectivity index is 3.81. The lowest BCUT2D eigenvalue weighted by molar-refractivity contribution is -0.140. The fourth-order valence-corrected chi connectivity index (χ4v) is 0.616. The van der Waals surface area contributed by atoms with E-state index < -0.39 is 24.2 Å². The molecule has 12 heavy (non-hydrogen) atoms. The van der Waals surface area contributed by atoms with Crippen LogP contribution in [-0.4, -0.2) is 40.9 Å². The molecule has 0 bridgehead atoms. The highest BCUT2D eigenvalue weighted by atomic mass is 16.4. The molecule has 0 fully saturated rings. The summed E-state index contributed by atoms with van der Waals surface area (Å²) in [4.78, 5) is 10.4. The molecule has 5 heteroatoms. The Morgan fingerprint density at radius 2 is 2.17 bits per heavy atom. The molecule has 0 aromatic rings. The molecular formula is C7H16N2O3. The third-order valence-electron chi connectivity index (χ3n) is 1.28. The van der Waals surface area contributed by atoms with Crippen LogP contribution in [0.15, 0.2) is 0 Å². The predicted molar refractivity (Wildman–Crippen MR) is 44.8 cm³/mol. The summed E-state index contributed by atoms with van der Waals surface area (Å²) < 4.78 is 0. The van der Waals surface area contributed by atoms with E-state index >= 15 is 0 Å². The average Bonchev–Trinajstić information content (AvgIpc) is 1.85. The number of carboxylic acid groups (broad SMARTS) is 1. The molecule has 5 N–H and O–H groups in total. The fraction of sp³-hybridized carbons (Fsp3) is 0.857. The van der Waals surface area contributed by atoms with Crippen molar-refractivity contribution in [2.45, 2.75) is 25.4 Å². The molecule has 0 aliphatic carbocycles. The summed E-state index contributed by atoms with van der Waals surface area (Å²) in [7, 11) is 0. The van der Waals surface area contributed by atoms with Crippen LogP contribution < -0.4 is 11.1 Å². The number of nitrogens with one attached hydrogen (secondary N) is 1. The zero-order valence-electron chi connectivity index (χ0n) is 7.37. The Hall–Kier alpha value is -0.650. The zero-order chi connectivity index (χ0) is 9.78. The first-order valence-electron chi connectivity index (χ1n) is 3.73. The summed E-state index contributed by atoms with van der Waals surface area (Å²) in [5.41, 5.74) is 5.13. The van der Waals surface area contributed by atoms with Gasteiger partial charge in [-0.2, -0.15) is 0 Å². The van der Waals surface area contributed by atoms with Gasteiger partial charge in [0.05, 0.1) is 6.61 Å². The lowest BCUT2D eigenvalue weighted by Crippen LogP contribution is -2.50. The standard InChI is InChI=1S/C7H16N2O3/c1-7(2,8)4-9-5(3-10)6(11)12/h5,9-10H,3-4,8H2,1-2H3,(H,11,12). The SMILES string of the molecule is CC(C)(N)CNC(CO)C(=O)O. The van der Waals surface area contributed by atoms with Gasteiger partial charge in [-0.05, 0) is 13.8 Å². The van der Waals surface area contributed by atoms with Crippen molar-refractivity contribution in [3.63, 3.8) is 0 Å². The second-order valence-electron chi connectivity index (χ2n) is 3.44. The van der Waals surface area contributed by atoms with Crippen LogP contribution in [0.5, 0.6) is 0 Å². The van der Waals surface area contributed by atoms with E-state index in [9.17, 15) is 4.79 Å². The number of hydrogen-bond acceptors (Lipinski definition) is 4. The van der Waals surface area contributed by atoms with E-state index in [1.165, 1.54) is 0 Å². The topological polar surface area (TPSA) is 95.6 Å². The van der Waals surface area contributed by atoms with E-state index in [4.69, 9.17) is 15.9 Å². The Labute approximate surface area is 71.6 Å². The normalized spacial score (nSPS) is 14.3. The van der Waals surface area contributed by atoms with Crippen molar-refractivity contribution in [2.75, 3.05) is 13.2 Å². The number of carbonyl (C=O) groups is 1. The summed E-state index contributed by atoms with van der Waals surface area (Å²) in [6.07, 6.45) is 0. The molecule has 0 saturated heterocycles.